The molecule has 0 aliphatic carbocycles. The molecule has 0 amide bonds. The topological polar surface area (TPSA) is 78.9 Å². The van der Waals surface area contributed by atoms with Crippen LogP contribution in [0.2, 0.25) is 0 Å². The molecule has 0 spiro atoms. The highest BCUT2D eigenvalue weighted by Gasteiger charge is 2.21. The Kier molecular flexibility index (Phi) is 4.04. The molecule has 0 saturated carbocycles. The first kappa shape index (κ1) is 14.5. The molecule has 2 heterocycles. The fourth-order valence-corrected chi connectivity index (χ4v) is 2.90. The molecule has 0 aliphatic heterocycles. The van der Waals surface area contributed by atoms with Crippen LogP contribution in [0.25, 0.3) is 0 Å². The Bertz CT molecular complexity index is 621. The summed E-state index contributed by atoms with van der Waals surface area (Å²) in [4.78, 5) is 3.25. The smallest absolute Gasteiger partial charge is 0.162 e. The molecule has 106 valence electrons. The average molecular weight is 289 g/mol. The van der Waals surface area contributed by atoms with Crippen molar-refractivity contribution >= 4 is 23.0 Å². The standard InChI is InChI=1S/C14H19N5S/c1-8-9(2)17-18-14(12(8)13(15)16)19(4)10(3)11-6-5-7-20-11/h5-7,10H,1-4H3,(H3,15,16). The molecule has 0 radical (unpaired) electrons. The average Bonchev–Trinajstić information content (AvgIpc) is 2.93. The molecule has 2 aromatic rings. The fraction of sp³-hybridized carbons (Fsp3) is 0.357. The summed E-state index contributed by atoms with van der Waals surface area (Å²) in [7, 11) is 1.95. The van der Waals surface area contributed by atoms with E-state index in [1.807, 2.05) is 31.9 Å². The number of aryl methyl sites for hydroxylation is 1. The Labute approximate surface area is 123 Å². The molecule has 0 aliphatic rings. The molecule has 2 rings (SSSR count). The molecular formula is C14H19N5S. The van der Waals surface area contributed by atoms with Crippen LogP contribution < -0.4 is 10.6 Å². The Balaban J connectivity index is 2.47. The molecule has 5 nitrogen and oxygen atoms in total. The number of amidine groups is 1. The van der Waals surface area contributed by atoms with Crippen LogP contribution in [0.15, 0.2) is 17.5 Å². The summed E-state index contributed by atoms with van der Waals surface area (Å²) in [6, 6.07) is 4.28. The van der Waals surface area contributed by atoms with Gasteiger partial charge in [0.1, 0.15) is 5.84 Å². The maximum Gasteiger partial charge on any atom is 0.162 e. The van der Waals surface area contributed by atoms with Crippen LogP contribution in [0.5, 0.6) is 0 Å². The number of aromatic nitrogens is 2. The Hall–Kier alpha value is -1.95. The van der Waals surface area contributed by atoms with E-state index in [1.165, 1.54) is 4.88 Å². The molecule has 3 N–H and O–H groups in total. The maximum atomic E-state index is 7.81. The van der Waals surface area contributed by atoms with Gasteiger partial charge in [-0.1, -0.05) is 6.07 Å². The zero-order chi connectivity index (χ0) is 14.9. The lowest BCUT2D eigenvalue weighted by Gasteiger charge is -2.27. The van der Waals surface area contributed by atoms with Gasteiger partial charge < -0.3 is 10.6 Å². The van der Waals surface area contributed by atoms with E-state index in [1.54, 1.807) is 11.3 Å². The minimum atomic E-state index is 0.0285. The van der Waals surface area contributed by atoms with E-state index in [9.17, 15) is 0 Å². The SMILES string of the molecule is Cc1nnc(N(C)C(C)c2cccs2)c(C(=N)N)c1C. The zero-order valence-electron chi connectivity index (χ0n) is 12.1. The minimum absolute atomic E-state index is 0.0285. The number of nitrogen functional groups attached to an aromatic ring is 1. The Morgan fingerprint density at radius 2 is 2.10 bits per heavy atom. The highest BCUT2D eigenvalue weighted by atomic mass is 32.1. The van der Waals surface area contributed by atoms with Gasteiger partial charge in [0.25, 0.3) is 0 Å². The number of rotatable bonds is 4. The van der Waals surface area contributed by atoms with Crippen molar-refractivity contribution in [3.05, 3.63) is 39.2 Å². The third kappa shape index (κ3) is 2.51. The first-order valence-corrected chi connectivity index (χ1v) is 7.26. The van der Waals surface area contributed by atoms with Gasteiger partial charge in [-0.3, -0.25) is 5.41 Å². The number of thiophene rings is 1. The van der Waals surface area contributed by atoms with Crippen LogP contribution in [-0.4, -0.2) is 23.1 Å². The third-order valence-electron chi connectivity index (χ3n) is 3.58. The highest BCUT2D eigenvalue weighted by Crippen LogP contribution is 2.30. The number of hydrogen-bond donors (Lipinski definition) is 2. The summed E-state index contributed by atoms with van der Waals surface area (Å²) in [6.45, 7) is 5.90. The summed E-state index contributed by atoms with van der Waals surface area (Å²) < 4.78 is 0. The summed E-state index contributed by atoms with van der Waals surface area (Å²) >= 11 is 1.70. The van der Waals surface area contributed by atoms with Gasteiger partial charge in [0.2, 0.25) is 0 Å². The molecule has 0 fully saturated rings. The third-order valence-corrected chi connectivity index (χ3v) is 4.62. The molecule has 1 unspecified atom stereocenters. The molecular weight excluding hydrogens is 270 g/mol. The summed E-state index contributed by atoms with van der Waals surface area (Å²) in [5.41, 5.74) is 8.11. The van der Waals surface area contributed by atoms with Crippen molar-refractivity contribution in [2.24, 2.45) is 5.73 Å². The number of anilines is 1. The lowest BCUT2D eigenvalue weighted by molar-refractivity contribution is 0.727. The van der Waals surface area contributed by atoms with Crippen LogP contribution in [0.1, 0.15) is 34.7 Å². The summed E-state index contributed by atoms with van der Waals surface area (Å²) in [6.07, 6.45) is 0. The number of hydrogen-bond acceptors (Lipinski definition) is 5. The number of nitrogens with one attached hydrogen (secondary N) is 1. The fourth-order valence-electron chi connectivity index (χ4n) is 2.07. The van der Waals surface area contributed by atoms with Gasteiger partial charge in [0, 0.05) is 11.9 Å². The van der Waals surface area contributed by atoms with Gasteiger partial charge in [0.15, 0.2) is 5.82 Å². The first-order valence-electron chi connectivity index (χ1n) is 6.38. The quantitative estimate of drug-likeness (QED) is 0.670. The Morgan fingerprint density at radius 1 is 1.40 bits per heavy atom. The lowest BCUT2D eigenvalue weighted by atomic mass is 10.1. The molecule has 0 aromatic carbocycles. The van der Waals surface area contributed by atoms with Crippen molar-refractivity contribution in [1.82, 2.24) is 10.2 Å². The van der Waals surface area contributed by atoms with Gasteiger partial charge in [-0.2, -0.15) is 5.10 Å². The van der Waals surface area contributed by atoms with E-state index < -0.39 is 0 Å². The van der Waals surface area contributed by atoms with Crippen molar-refractivity contribution in [1.29, 1.82) is 5.41 Å². The normalized spacial score (nSPS) is 12.2. The van der Waals surface area contributed by atoms with E-state index >= 15 is 0 Å². The zero-order valence-corrected chi connectivity index (χ0v) is 13.0. The number of nitrogens with zero attached hydrogens (tertiary/aromatic N) is 3. The van der Waals surface area contributed by atoms with E-state index in [0.29, 0.717) is 11.4 Å². The Morgan fingerprint density at radius 3 is 2.65 bits per heavy atom. The molecule has 0 bridgehead atoms. The van der Waals surface area contributed by atoms with Crippen LogP contribution >= 0.6 is 11.3 Å². The summed E-state index contributed by atoms with van der Waals surface area (Å²) in [5.74, 6) is 0.683. The predicted molar refractivity (Wildman–Crippen MR) is 83.7 cm³/mol. The van der Waals surface area contributed by atoms with Crippen molar-refractivity contribution in [3.8, 4) is 0 Å². The molecule has 6 heteroatoms. The van der Waals surface area contributed by atoms with Gasteiger partial charge in [-0.05, 0) is 37.8 Å². The predicted octanol–water partition coefficient (Wildman–Crippen LogP) is 2.64. The van der Waals surface area contributed by atoms with Crippen molar-refractivity contribution in [2.45, 2.75) is 26.8 Å². The van der Waals surface area contributed by atoms with Crippen molar-refractivity contribution < 1.29 is 0 Å². The van der Waals surface area contributed by atoms with Crippen molar-refractivity contribution in [3.63, 3.8) is 0 Å². The monoisotopic (exact) mass is 289 g/mol. The lowest BCUT2D eigenvalue weighted by Crippen LogP contribution is -2.27. The van der Waals surface area contributed by atoms with Crippen LogP contribution in [0.4, 0.5) is 5.82 Å². The number of nitrogens with two attached hydrogens (primary N) is 1. The van der Waals surface area contributed by atoms with E-state index in [-0.39, 0.29) is 11.9 Å². The molecule has 2 aromatic heterocycles. The second-order valence-electron chi connectivity index (χ2n) is 4.82. The van der Waals surface area contributed by atoms with Crippen LogP contribution in [0.3, 0.4) is 0 Å². The maximum absolute atomic E-state index is 7.81. The van der Waals surface area contributed by atoms with Gasteiger partial charge >= 0.3 is 0 Å². The van der Waals surface area contributed by atoms with Gasteiger partial charge in [0.05, 0.1) is 17.3 Å². The van der Waals surface area contributed by atoms with Crippen molar-refractivity contribution in [2.75, 3.05) is 11.9 Å². The van der Waals surface area contributed by atoms with E-state index in [4.69, 9.17) is 11.1 Å². The van der Waals surface area contributed by atoms with Crippen LogP contribution in [-0.2, 0) is 0 Å². The van der Waals surface area contributed by atoms with E-state index in [0.717, 1.165) is 11.3 Å². The van der Waals surface area contributed by atoms with E-state index in [2.05, 4.69) is 28.6 Å². The second-order valence-corrected chi connectivity index (χ2v) is 5.80. The molecule has 1 atom stereocenters. The largest absolute Gasteiger partial charge is 0.384 e. The summed E-state index contributed by atoms with van der Waals surface area (Å²) in [5, 5.41) is 18.3. The first-order chi connectivity index (χ1) is 9.43. The minimum Gasteiger partial charge on any atom is -0.384 e. The molecule has 0 saturated heterocycles. The van der Waals surface area contributed by atoms with Crippen LogP contribution in [0, 0.1) is 19.3 Å². The second kappa shape index (κ2) is 5.58. The van der Waals surface area contributed by atoms with Gasteiger partial charge in [-0.25, -0.2) is 0 Å². The van der Waals surface area contributed by atoms with Gasteiger partial charge in [-0.15, -0.1) is 16.4 Å². The highest BCUT2D eigenvalue weighted by molar-refractivity contribution is 7.10. The molecule has 20 heavy (non-hydrogen) atoms.